The van der Waals surface area contributed by atoms with Crippen LogP contribution in [0.3, 0.4) is 0 Å². The number of hydrogen-bond donors (Lipinski definition) is 0. The van der Waals surface area contributed by atoms with Crippen LogP contribution in [0.15, 0.2) is 45.2 Å². The normalized spacial score (nSPS) is 11.8. The van der Waals surface area contributed by atoms with Crippen LogP contribution in [0.5, 0.6) is 0 Å². The van der Waals surface area contributed by atoms with Crippen LogP contribution in [0.2, 0.25) is 0 Å². The molecule has 0 N–H and O–H groups in total. The molecule has 21 heavy (non-hydrogen) atoms. The largest absolute Gasteiger partial charge is 0.456 e. The smallest absolute Gasteiger partial charge is 0.416 e. The summed E-state index contributed by atoms with van der Waals surface area (Å²) in [7, 11) is 0. The van der Waals surface area contributed by atoms with Crippen molar-refractivity contribution in [2.75, 3.05) is 0 Å². The van der Waals surface area contributed by atoms with Gasteiger partial charge in [-0.3, -0.25) is 0 Å². The summed E-state index contributed by atoms with van der Waals surface area (Å²) in [5.41, 5.74) is -0.322. The van der Waals surface area contributed by atoms with Gasteiger partial charge in [0.2, 0.25) is 5.89 Å². The molecule has 0 saturated carbocycles. The van der Waals surface area contributed by atoms with Gasteiger partial charge in [-0.05, 0) is 43.3 Å². The number of rotatable bonds is 2. The minimum atomic E-state index is -4.37. The fourth-order valence-corrected chi connectivity index (χ4v) is 1.79. The van der Waals surface area contributed by atoms with Crippen LogP contribution in [-0.4, -0.2) is 10.2 Å². The molecule has 0 spiro atoms. The fraction of sp³-hybridized carbons (Fsp3) is 0.143. The molecule has 2 heterocycles. The van der Waals surface area contributed by atoms with E-state index in [4.69, 9.17) is 8.83 Å². The maximum atomic E-state index is 12.5. The lowest BCUT2D eigenvalue weighted by molar-refractivity contribution is -0.137. The fourth-order valence-electron chi connectivity index (χ4n) is 1.79. The summed E-state index contributed by atoms with van der Waals surface area (Å²) in [6.45, 7) is 1.77. The van der Waals surface area contributed by atoms with Gasteiger partial charge in [0.25, 0.3) is 5.89 Å². The molecule has 0 aliphatic heterocycles. The van der Waals surface area contributed by atoms with Crippen LogP contribution in [0.1, 0.15) is 11.3 Å². The summed E-state index contributed by atoms with van der Waals surface area (Å²) in [4.78, 5) is 0. The molecule has 4 nitrogen and oxygen atoms in total. The molecule has 0 aliphatic carbocycles. The number of nitrogens with zero attached hydrogens (tertiary/aromatic N) is 2. The van der Waals surface area contributed by atoms with Crippen LogP contribution in [-0.2, 0) is 6.18 Å². The molecule has 0 saturated heterocycles. The highest BCUT2D eigenvalue weighted by molar-refractivity contribution is 5.55. The van der Waals surface area contributed by atoms with Crippen molar-refractivity contribution in [1.82, 2.24) is 10.2 Å². The van der Waals surface area contributed by atoms with E-state index >= 15 is 0 Å². The van der Waals surface area contributed by atoms with Crippen LogP contribution in [0.25, 0.3) is 23.1 Å². The minimum absolute atomic E-state index is 0.132. The average molecular weight is 294 g/mol. The average Bonchev–Trinajstić information content (AvgIpc) is 3.06. The quantitative estimate of drug-likeness (QED) is 0.706. The Balaban J connectivity index is 1.90. The Morgan fingerprint density at radius 2 is 1.52 bits per heavy atom. The van der Waals surface area contributed by atoms with Crippen molar-refractivity contribution in [1.29, 1.82) is 0 Å². The standard InChI is InChI=1S/C14H9F3N2O2/c1-8-2-7-11(20-8)13-19-18-12(21-13)9-3-5-10(6-4-9)14(15,16)17/h2-7H,1H3. The first-order valence-corrected chi connectivity index (χ1v) is 6.01. The van der Waals surface area contributed by atoms with Gasteiger partial charge in [0.1, 0.15) is 5.76 Å². The highest BCUT2D eigenvalue weighted by atomic mass is 19.4. The Bertz CT molecular complexity index is 757. The summed E-state index contributed by atoms with van der Waals surface area (Å²) in [5.74, 6) is 1.42. The Hall–Kier alpha value is -2.57. The SMILES string of the molecule is Cc1ccc(-c2nnc(-c3ccc(C(F)(F)F)cc3)o2)o1. The van der Waals surface area contributed by atoms with E-state index in [9.17, 15) is 13.2 Å². The number of alkyl halides is 3. The van der Waals surface area contributed by atoms with Crippen LogP contribution >= 0.6 is 0 Å². The number of benzene rings is 1. The number of aryl methyl sites for hydroxylation is 1. The maximum absolute atomic E-state index is 12.5. The first kappa shape index (κ1) is 13.4. The van der Waals surface area contributed by atoms with E-state index in [-0.39, 0.29) is 11.8 Å². The first-order valence-electron chi connectivity index (χ1n) is 6.01. The highest BCUT2D eigenvalue weighted by Crippen LogP contribution is 2.31. The second-order valence-corrected chi connectivity index (χ2v) is 4.40. The molecule has 0 fully saturated rings. The lowest BCUT2D eigenvalue weighted by atomic mass is 10.1. The molecule has 7 heteroatoms. The maximum Gasteiger partial charge on any atom is 0.416 e. The summed E-state index contributed by atoms with van der Waals surface area (Å²) in [6, 6.07) is 7.93. The minimum Gasteiger partial charge on any atom is -0.456 e. The molecule has 0 aliphatic rings. The zero-order valence-electron chi connectivity index (χ0n) is 10.8. The van der Waals surface area contributed by atoms with Crippen molar-refractivity contribution in [3.05, 3.63) is 47.7 Å². The van der Waals surface area contributed by atoms with Crippen molar-refractivity contribution in [2.45, 2.75) is 13.1 Å². The van der Waals surface area contributed by atoms with Crippen molar-refractivity contribution >= 4 is 0 Å². The van der Waals surface area contributed by atoms with Gasteiger partial charge >= 0.3 is 6.18 Å². The molecule has 0 radical (unpaired) electrons. The third kappa shape index (κ3) is 2.67. The summed E-state index contributed by atoms with van der Waals surface area (Å²) in [5, 5.41) is 7.62. The van der Waals surface area contributed by atoms with E-state index in [1.165, 1.54) is 12.1 Å². The Labute approximate surface area is 117 Å². The van der Waals surface area contributed by atoms with Crippen molar-refractivity contribution in [3.8, 4) is 23.1 Å². The lowest BCUT2D eigenvalue weighted by Gasteiger charge is -2.05. The topological polar surface area (TPSA) is 52.1 Å². The van der Waals surface area contributed by atoms with E-state index in [2.05, 4.69) is 10.2 Å². The van der Waals surface area contributed by atoms with Gasteiger partial charge in [-0.1, -0.05) is 0 Å². The van der Waals surface area contributed by atoms with Crippen LogP contribution < -0.4 is 0 Å². The van der Waals surface area contributed by atoms with E-state index in [1.54, 1.807) is 19.1 Å². The summed E-state index contributed by atoms with van der Waals surface area (Å²) >= 11 is 0. The van der Waals surface area contributed by atoms with Gasteiger partial charge in [0, 0.05) is 5.56 Å². The Morgan fingerprint density at radius 1 is 0.857 bits per heavy atom. The number of halogens is 3. The van der Waals surface area contributed by atoms with E-state index in [1.807, 2.05) is 0 Å². The molecule has 1 aromatic carbocycles. The predicted molar refractivity (Wildman–Crippen MR) is 67.2 cm³/mol. The van der Waals surface area contributed by atoms with Crippen LogP contribution in [0.4, 0.5) is 13.2 Å². The lowest BCUT2D eigenvalue weighted by Crippen LogP contribution is -2.03. The van der Waals surface area contributed by atoms with Gasteiger partial charge in [0.05, 0.1) is 5.56 Å². The molecule has 108 valence electrons. The Morgan fingerprint density at radius 3 is 2.10 bits per heavy atom. The number of aromatic nitrogens is 2. The molecule has 0 atom stereocenters. The van der Waals surface area contributed by atoms with Crippen molar-refractivity contribution in [3.63, 3.8) is 0 Å². The monoisotopic (exact) mass is 294 g/mol. The van der Waals surface area contributed by atoms with Gasteiger partial charge in [-0.2, -0.15) is 13.2 Å². The summed E-state index contributed by atoms with van der Waals surface area (Å²) < 4.78 is 48.2. The third-order valence-corrected chi connectivity index (χ3v) is 2.84. The molecule has 3 aromatic rings. The zero-order chi connectivity index (χ0) is 15.0. The third-order valence-electron chi connectivity index (χ3n) is 2.84. The van der Waals surface area contributed by atoms with Crippen molar-refractivity contribution < 1.29 is 22.0 Å². The molecule has 0 unspecified atom stereocenters. The molecular formula is C14H9F3N2O2. The van der Waals surface area contributed by atoms with Gasteiger partial charge in [-0.25, -0.2) is 0 Å². The van der Waals surface area contributed by atoms with Crippen LogP contribution in [0, 0.1) is 6.92 Å². The van der Waals surface area contributed by atoms with Gasteiger partial charge in [0.15, 0.2) is 5.76 Å². The Kier molecular flexibility index (Phi) is 3.04. The number of hydrogen-bond acceptors (Lipinski definition) is 4. The molecular weight excluding hydrogens is 285 g/mol. The summed E-state index contributed by atoms with van der Waals surface area (Å²) in [6.07, 6.45) is -4.37. The van der Waals surface area contributed by atoms with Crippen molar-refractivity contribution in [2.24, 2.45) is 0 Å². The molecule has 0 amide bonds. The second kappa shape index (κ2) is 4.76. The molecule has 3 rings (SSSR count). The zero-order valence-corrected chi connectivity index (χ0v) is 10.8. The first-order chi connectivity index (χ1) is 9.93. The van der Waals surface area contributed by atoms with Gasteiger partial charge in [-0.15, -0.1) is 10.2 Å². The second-order valence-electron chi connectivity index (χ2n) is 4.40. The van der Waals surface area contributed by atoms with E-state index < -0.39 is 11.7 Å². The highest BCUT2D eigenvalue weighted by Gasteiger charge is 2.30. The van der Waals surface area contributed by atoms with E-state index in [0.29, 0.717) is 17.1 Å². The molecule has 2 aromatic heterocycles. The predicted octanol–water partition coefficient (Wildman–Crippen LogP) is 4.32. The van der Waals surface area contributed by atoms with Gasteiger partial charge < -0.3 is 8.83 Å². The molecule has 0 bridgehead atoms. The van der Waals surface area contributed by atoms with E-state index in [0.717, 1.165) is 12.1 Å². The number of furan rings is 1.